The molecule has 0 bridgehead atoms. The predicted octanol–water partition coefficient (Wildman–Crippen LogP) is 4.04. The number of esters is 1. The second-order valence-electron chi connectivity index (χ2n) is 5.29. The Bertz CT molecular complexity index is 683. The van der Waals surface area contributed by atoms with E-state index >= 15 is 0 Å². The molecule has 0 atom stereocenters. The fraction of sp³-hybridized carbons (Fsp3) is 0.389. The van der Waals surface area contributed by atoms with Crippen LogP contribution in [-0.4, -0.2) is 23.5 Å². The van der Waals surface area contributed by atoms with Crippen molar-refractivity contribution >= 4 is 28.3 Å². The number of nitrogens with one attached hydrogen (secondary N) is 1. The molecule has 1 heterocycles. The van der Waals surface area contributed by atoms with Crippen LogP contribution in [0.3, 0.4) is 0 Å². The van der Waals surface area contributed by atoms with E-state index < -0.39 is 0 Å². The molecule has 1 amide bonds. The third-order valence-electron chi connectivity index (χ3n) is 3.36. The monoisotopic (exact) mass is 346 g/mol. The predicted molar refractivity (Wildman–Crippen MR) is 96.0 cm³/mol. The second-order valence-corrected chi connectivity index (χ2v) is 6.37. The Morgan fingerprint density at radius 1 is 1.21 bits per heavy atom. The smallest absolute Gasteiger partial charge is 0.311 e. The first kappa shape index (κ1) is 18.1. The van der Waals surface area contributed by atoms with Crippen molar-refractivity contribution < 1.29 is 14.3 Å². The molecular weight excluding hydrogens is 324 g/mol. The number of hydrogen-bond acceptors (Lipinski definition) is 5. The van der Waals surface area contributed by atoms with Crippen LogP contribution in [0.2, 0.25) is 0 Å². The fourth-order valence-corrected chi connectivity index (χ4v) is 3.19. The van der Waals surface area contributed by atoms with Gasteiger partial charge in [0.2, 0.25) is 5.91 Å². The average Bonchev–Trinajstić information content (AvgIpc) is 2.96. The quantitative estimate of drug-likeness (QED) is 0.732. The van der Waals surface area contributed by atoms with Crippen LogP contribution in [0.4, 0.5) is 5.13 Å². The molecule has 0 saturated heterocycles. The fourth-order valence-electron chi connectivity index (χ4n) is 2.21. The minimum absolute atomic E-state index is 0.0482. The molecule has 1 N–H and O–H groups in total. The second kappa shape index (κ2) is 9.17. The number of carbonyl (C=O) groups is 2. The summed E-state index contributed by atoms with van der Waals surface area (Å²) in [5.41, 5.74) is 1.64. The van der Waals surface area contributed by atoms with Gasteiger partial charge in [-0.2, -0.15) is 0 Å². The number of rotatable bonds is 8. The van der Waals surface area contributed by atoms with Crippen LogP contribution >= 0.6 is 11.3 Å². The van der Waals surface area contributed by atoms with Crippen LogP contribution in [0, 0.1) is 0 Å². The lowest BCUT2D eigenvalue weighted by Gasteiger charge is -2.02. The summed E-state index contributed by atoms with van der Waals surface area (Å²) in [6.45, 7) is 4.17. The highest BCUT2D eigenvalue weighted by Gasteiger charge is 2.17. The van der Waals surface area contributed by atoms with Gasteiger partial charge in [-0.3, -0.25) is 9.59 Å². The Morgan fingerprint density at radius 3 is 2.62 bits per heavy atom. The van der Waals surface area contributed by atoms with E-state index in [1.54, 1.807) is 6.92 Å². The first-order valence-electron chi connectivity index (χ1n) is 8.14. The topological polar surface area (TPSA) is 68.3 Å². The third kappa shape index (κ3) is 5.16. The summed E-state index contributed by atoms with van der Waals surface area (Å²) in [4.78, 5) is 29.1. The molecule has 0 spiro atoms. The normalized spacial score (nSPS) is 10.4. The summed E-state index contributed by atoms with van der Waals surface area (Å²) in [6.07, 6.45) is 2.44. The van der Waals surface area contributed by atoms with Gasteiger partial charge in [0.25, 0.3) is 0 Å². The minimum atomic E-state index is -0.290. The van der Waals surface area contributed by atoms with E-state index in [0.717, 1.165) is 29.0 Å². The van der Waals surface area contributed by atoms with E-state index in [2.05, 4.69) is 10.3 Å². The maximum Gasteiger partial charge on any atom is 0.311 e. The molecule has 0 fully saturated rings. The lowest BCUT2D eigenvalue weighted by Crippen LogP contribution is -2.10. The van der Waals surface area contributed by atoms with Gasteiger partial charge in [0.05, 0.1) is 18.7 Å². The van der Waals surface area contributed by atoms with Gasteiger partial charge >= 0.3 is 5.97 Å². The number of nitrogens with zero attached hydrogens (tertiary/aromatic N) is 1. The van der Waals surface area contributed by atoms with E-state index in [1.807, 2.05) is 37.3 Å². The Labute approximate surface area is 146 Å². The number of carbonyl (C=O) groups excluding carboxylic acids is 2. The number of aromatic nitrogens is 1. The molecular formula is C18H22N2O3S. The summed E-state index contributed by atoms with van der Waals surface area (Å²) in [5, 5.41) is 3.35. The van der Waals surface area contributed by atoms with Crippen LogP contribution in [0.25, 0.3) is 11.3 Å². The van der Waals surface area contributed by atoms with Crippen molar-refractivity contribution in [3.05, 3.63) is 35.2 Å². The van der Waals surface area contributed by atoms with Crippen LogP contribution in [0.1, 0.15) is 38.0 Å². The molecule has 1 aromatic carbocycles. The van der Waals surface area contributed by atoms with E-state index in [0.29, 0.717) is 18.2 Å². The Kier molecular flexibility index (Phi) is 6.93. The van der Waals surface area contributed by atoms with Gasteiger partial charge in [-0.05, 0) is 13.3 Å². The zero-order valence-electron chi connectivity index (χ0n) is 14.0. The third-order valence-corrected chi connectivity index (χ3v) is 4.33. The average molecular weight is 346 g/mol. The van der Waals surface area contributed by atoms with E-state index in [9.17, 15) is 9.59 Å². The lowest BCUT2D eigenvalue weighted by molar-refractivity contribution is -0.142. The standard InChI is InChI=1S/C18H22N2O3S/c1-3-5-11-15(21)19-18-20-17(13-9-7-6-8-10-13)14(24-18)12-16(22)23-4-2/h6-10H,3-5,11-12H2,1-2H3,(H,19,20,21). The van der Waals surface area contributed by atoms with Gasteiger partial charge in [-0.1, -0.05) is 43.7 Å². The molecule has 6 heteroatoms. The first-order chi connectivity index (χ1) is 11.6. The van der Waals surface area contributed by atoms with Gasteiger partial charge in [0.15, 0.2) is 5.13 Å². The minimum Gasteiger partial charge on any atom is -0.466 e. The molecule has 0 saturated carbocycles. The highest BCUT2D eigenvalue weighted by molar-refractivity contribution is 7.16. The molecule has 24 heavy (non-hydrogen) atoms. The van der Waals surface area contributed by atoms with E-state index in [1.165, 1.54) is 11.3 Å². The number of anilines is 1. The Morgan fingerprint density at radius 2 is 1.96 bits per heavy atom. The summed E-state index contributed by atoms with van der Waals surface area (Å²) in [7, 11) is 0. The highest BCUT2D eigenvalue weighted by atomic mass is 32.1. The molecule has 0 aliphatic rings. The van der Waals surface area contributed by atoms with Gasteiger partial charge in [-0.15, -0.1) is 11.3 Å². The molecule has 2 aromatic rings. The zero-order chi connectivity index (χ0) is 17.4. The van der Waals surface area contributed by atoms with E-state index in [4.69, 9.17) is 4.74 Å². The highest BCUT2D eigenvalue weighted by Crippen LogP contribution is 2.31. The van der Waals surface area contributed by atoms with Crippen LogP contribution in [-0.2, 0) is 20.7 Å². The molecule has 5 nitrogen and oxygen atoms in total. The van der Waals surface area contributed by atoms with Crippen LogP contribution in [0.5, 0.6) is 0 Å². The van der Waals surface area contributed by atoms with Crippen molar-refractivity contribution in [1.29, 1.82) is 0 Å². The van der Waals surface area contributed by atoms with Crippen molar-refractivity contribution in [2.75, 3.05) is 11.9 Å². The summed E-state index contributed by atoms with van der Waals surface area (Å²) >= 11 is 1.33. The molecule has 0 radical (unpaired) electrons. The van der Waals surface area contributed by atoms with Crippen molar-refractivity contribution in [1.82, 2.24) is 4.98 Å². The summed E-state index contributed by atoms with van der Waals surface area (Å²) < 4.78 is 5.03. The van der Waals surface area contributed by atoms with Gasteiger partial charge < -0.3 is 10.1 Å². The van der Waals surface area contributed by atoms with Crippen LogP contribution in [0.15, 0.2) is 30.3 Å². The number of hydrogen-bond donors (Lipinski definition) is 1. The number of benzene rings is 1. The lowest BCUT2D eigenvalue weighted by atomic mass is 10.1. The molecule has 0 aliphatic heterocycles. The Balaban J connectivity index is 2.23. The SMILES string of the molecule is CCCCC(=O)Nc1nc(-c2ccccc2)c(CC(=O)OCC)s1. The largest absolute Gasteiger partial charge is 0.466 e. The number of thiazole rings is 1. The molecule has 0 aliphatic carbocycles. The van der Waals surface area contributed by atoms with Gasteiger partial charge in [-0.25, -0.2) is 4.98 Å². The maximum atomic E-state index is 11.9. The molecule has 0 unspecified atom stereocenters. The molecule has 2 rings (SSSR count). The summed E-state index contributed by atoms with van der Waals surface area (Å²) in [6, 6.07) is 9.64. The van der Waals surface area contributed by atoms with Crippen molar-refractivity contribution in [2.24, 2.45) is 0 Å². The van der Waals surface area contributed by atoms with Crippen molar-refractivity contribution in [3.63, 3.8) is 0 Å². The molecule has 1 aromatic heterocycles. The first-order valence-corrected chi connectivity index (χ1v) is 8.96. The maximum absolute atomic E-state index is 11.9. The van der Waals surface area contributed by atoms with Gasteiger partial charge in [0, 0.05) is 16.9 Å². The van der Waals surface area contributed by atoms with E-state index in [-0.39, 0.29) is 18.3 Å². The summed E-state index contributed by atoms with van der Waals surface area (Å²) in [5.74, 6) is -0.338. The molecule has 128 valence electrons. The zero-order valence-corrected chi connectivity index (χ0v) is 14.8. The van der Waals surface area contributed by atoms with Crippen LogP contribution < -0.4 is 5.32 Å². The van der Waals surface area contributed by atoms with Crippen molar-refractivity contribution in [2.45, 2.75) is 39.5 Å². The number of amides is 1. The number of unbranched alkanes of at least 4 members (excludes halogenated alkanes) is 1. The van der Waals surface area contributed by atoms with Crippen molar-refractivity contribution in [3.8, 4) is 11.3 Å². The van der Waals surface area contributed by atoms with Gasteiger partial charge in [0.1, 0.15) is 0 Å². The number of ether oxygens (including phenoxy) is 1. The Hall–Kier alpha value is -2.21.